The van der Waals surface area contributed by atoms with Crippen molar-refractivity contribution in [2.75, 3.05) is 13.1 Å². The summed E-state index contributed by atoms with van der Waals surface area (Å²) in [6.07, 6.45) is 0.942. The predicted octanol–water partition coefficient (Wildman–Crippen LogP) is 2.32. The number of thiophene rings is 1. The third-order valence-corrected chi connectivity index (χ3v) is 4.24. The lowest BCUT2D eigenvalue weighted by Gasteiger charge is -2.22. The summed E-state index contributed by atoms with van der Waals surface area (Å²) in [5.74, 6) is -1.03. The Bertz CT molecular complexity index is 470. The van der Waals surface area contributed by atoms with Gasteiger partial charge >= 0.3 is 12.0 Å². The maximum Gasteiger partial charge on any atom is 0.331 e. The summed E-state index contributed by atoms with van der Waals surface area (Å²) in [4.78, 5) is 25.7. The molecule has 2 heterocycles. The summed E-state index contributed by atoms with van der Waals surface area (Å²) in [5.41, 5.74) is 0.110. The molecule has 2 amide bonds. The van der Waals surface area contributed by atoms with Crippen LogP contribution in [0.25, 0.3) is 0 Å². The van der Waals surface area contributed by atoms with Crippen LogP contribution in [0.15, 0.2) is 17.5 Å². The van der Waals surface area contributed by atoms with Gasteiger partial charge in [0, 0.05) is 18.0 Å². The van der Waals surface area contributed by atoms with E-state index in [2.05, 4.69) is 19.2 Å². The van der Waals surface area contributed by atoms with Crippen molar-refractivity contribution in [1.82, 2.24) is 10.2 Å². The lowest BCUT2D eigenvalue weighted by Crippen LogP contribution is -2.43. The Kier molecular flexibility index (Phi) is 3.80. The zero-order valence-corrected chi connectivity index (χ0v) is 11.9. The number of carboxylic acids is 1. The van der Waals surface area contributed by atoms with Crippen LogP contribution in [-0.4, -0.2) is 35.1 Å². The van der Waals surface area contributed by atoms with E-state index in [4.69, 9.17) is 0 Å². The number of nitrogens with one attached hydrogen (secondary N) is 1. The fraction of sp³-hybridized carbons (Fsp3) is 0.538. The van der Waals surface area contributed by atoms with E-state index in [1.807, 2.05) is 0 Å². The van der Waals surface area contributed by atoms with Crippen molar-refractivity contribution in [2.45, 2.75) is 26.3 Å². The Labute approximate surface area is 116 Å². The van der Waals surface area contributed by atoms with Crippen LogP contribution in [0.3, 0.4) is 0 Å². The number of carbonyl (C=O) groups is 2. The molecule has 0 spiro atoms. The molecule has 5 nitrogen and oxygen atoms in total. The molecule has 0 aliphatic carbocycles. The summed E-state index contributed by atoms with van der Waals surface area (Å²) in [6, 6.07) is 2.24. The molecule has 1 aromatic heterocycles. The highest BCUT2D eigenvalue weighted by Crippen LogP contribution is 2.29. The van der Waals surface area contributed by atoms with Crippen LogP contribution in [0.5, 0.6) is 0 Å². The average Bonchev–Trinajstić information content (AvgIpc) is 2.94. The van der Waals surface area contributed by atoms with Crippen LogP contribution in [-0.2, 0) is 4.79 Å². The summed E-state index contributed by atoms with van der Waals surface area (Å²) in [7, 11) is 0. The second kappa shape index (κ2) is 5.21. The second-order valence-electron chi connectivity index (χ2n) is 5.57. The lowest BCUT2D eigenvalue weighted by atomic mass is 9.93. The molecule has 1 atom stereocenters. The standard InChI is InChI=1S/C13H18N2O3S/c1-13(2)5-6-15(8-13)12(18)14-10(11(16)17)9-4-3-7-19-9/h3-4,7,10H,5-6,8H2,1-2H3,(H,14,18)(H,16,17). The van der Waals surface area contributed by atoms with Gasteiger partial charge in [-0.05, 0) is 23.3 Å². The highest BCUT2D eigenvalue weighted by molar-refractivity contribution is 7.10. The molecule has 104 valence electrons. The van der Waals surface area contributed by atoms with Gasteiger partial charge in [-0.3, -0.25) is 0 Å². The minimum absolute atomic E-state index is 0.110. The lowest BCUT2D eigenvalue weighted by molar-refractivity contribution is -0.139. The monoisotopic (exact) mass is 282 g/mol. The van der Waals surface area contributed by atoms with Crippen molar-refractivity contribution in [1.29, 1.82) is 0 Å². The topological polar surface area (TPSA) is 69.6 Å². The van der Waals surface area contributed by atoms with Crippen molar-refractivity contribution in [3.8, 4) is 0 Å². The molecule has 19 heavy (non-hydrogen) atoms. The number of likely N-dealkylation sites (tertiary alicyclic amines) is 1. The number of rotatable bonds is 3. The number of urea groups is 1. The van der Waals surface area contributed by atoms with Gasteiger partial charge in [-0.15, -0.1) is 11.3 Å². The van der Waals surface area contributed by atoms with Crippen LogP contribution in [0.2, 0.25) is 0 Å². The molecule has 0 radical (unpaired) electrons. The summed E-state index contributed by atoms with van der Waals surface area (Å²) in [5, 5.41) is 13.6. The normalized spacial score (nSPS) is 19.2. The molecule has 1 aromatic rings. The van der Waals surface area contributed by atoms with Crippen molar-refractivity contribution < 1.29 is 14.7 Å². The van der Waals surface area contributed by atoms with Gasteiger partial charge in [0.15, 0.2) is 6.04 Å². The SMILES string of the molecule is CC1(C)CCN(C(=O)NC(C(=O)O)c2cccs2)C1. The third kappa shape index (κ3) is 3.26. The van der Waals surface area contributed by atoms with Crippen molar-refractivity contribution in [3.05, 3.63) is 22.4 Å². The van der Waals surface area contributed by atoms with E-state index >= 15 is 0 Å². The molecule has 1 unspecified atom stereocenters. The van der Waals surface area contributed by atoms with Gasteiger partial charge < -0.3 is 15.3 Å². The zero-order chi connectivity index (χ0) is 14.0. The van der Waals surface area contributed by atoms with Gasteiger partial charge in [0.1, 0.15) is 0 Å². The van der Waals surface area contributed by atoms with E-state index in [-0.39, 0.29) is 11.4 Å². The molecule has 2 N–H and O–H groups in total. The second-order valence-corrected chi connectivity index (χ2v) is 6.55. The number of amides is 2. The largest absolute Gasteiger partial charge is 0.479 e. The van der Waals surface area contributed by atoms with Crippen molar-refractivity contribution in [3.63, 3.8) is 0 Å². The first-order valence-electron chi connectivity index (χ1n) is 6.21. The van der Waals surface area contributed by atoms with Gasteiger partial charge in [0.25, 0.3) is 0 Å². The molecule has 1 aliphatic heterocycles. The van der Waals surface area contributed by atoms with E-state index in [0.29, 0.717) is 18.0 Å². The molecule has 1 fully saturated rings. The molecule has 1 saturated heterocycles. The van der Waals surface area contributed by atoms with Crippen LogP contribution in [0.1, 0.15) is 31.2 Å². The predicted molar refractivity (Wildman–Crippen MR) is 73.2 cm³/mol. The van der Waals surface area contributed by atoms with E-state index in [1.54, 1.807) is 22.4 Å². The van der Waals surface area contributed by atoms with Crippen LogP contribution in [0, 0.1) is 5.41 Å². The molecule has 2 rings (SSSR count). The number of nitrogens with zero attached hydrogens (tertiary/aromatic N) is 1. The minimum Gasteiger partial charge on any atom is -0.479 e. The van der Waals surface area contributed by atoms with Gasteiger partial charge in [-0.1, -0.05) is 19.9 Å². The fourth-order valence-corrected chi connectivity index (χ4v) is 2.98. The molecular formula is C13H18N2O3S. The smallest absolute Gasteiger partial charge is 0.331 e. The number of carbonyl (C=O) groups excluding carboxylic acids is 1. The van der Waals surface area contributed by atoms with E-state index < -0.39 is 12.0 Å². The quantitative estimate of drug-likeness (QED) is 0.894. The van der Waals surface area contributed by atoms with Gasteiger partial charge in [0.05, 0.1) is 0 Å². The summed E-state index contributed by atoms with van der Waals surface area (Å²) >= 11 is 1.33. The molecule has 1 aliphatic rings. The summed E-state index contributed by atoms with van der Waals surface area (Å²) in [6.45, 7) is 5.55. The maximum atomic E-state index is 12.1. The molecule has 0 aromatic carbocycles. The van der Waals surface area contributed by atoms with Crippen LogP contribution >= 0.6 is 11.3 Å². The summed E-state index contributed by atoms with van der Waals surface area (Å²) < 4.78 is 0. The molecule has 0 saturated carbocycles. The van der Waals surface area contributed by atoms with E-state index in [9.17, 15) is 14.7 Å². The minimum atomic E-state index is -1.03. The van der Waals surface area contributed by atoms with Crippen LogP contribution in [0.4, 0.5) is 4.79 Å². The molecule has 0 bridgehead atoms. The van der Waals surface area contributed by atoms with Crippen LogP contribution < -0.4 is 5.32 Å². The molecule has 6 heteroatoms. The zero-order valence-electron chi connectivity index (χ0n) is 11.0. The van der Waals surface area contributed by atoms with E-state index in [0.717, 1.165) is 6.42 Å². The Morgan fingerprint density at radius 2 is 2.26 bits per heavy atom. The maximum absolute atomic E-state index is 12.1. The van der Waals surface area contributed by atoms with Crippen molar-refractivity contribution in [2.24, 2.45) is 5.41 Å². The average molecular weight is 282 g/mol. The van der Waals surface area contributed by atoms with Gasteiger partial charge in [-0.2, -0.15) is 0 Å². The first-order valence-corrected chi connectivity index (χ1v) is 7.09. The Hall–Kier alpha value is -1.56. The number of aliphatic carboxylic acids is 1. The highest BCUT2D eigenvalue weighted by Gasteiger charge is 2.34. The Morgan fingerprint density at radius 3 is 2.74 bits per heavy atom. The van der Waals surface area contributed by atoms with E-state index in [1.165, 1.54) is 11.3 Å². The first kappa shape index (κ1) is 13.9. The number of hydrogen-bond acceptors (Lipinski definition) is 3. The highest BCUT2D eigenvalue weighted by atomic mass is 32.1. The first-order chi connectivity index (χ1) is 8.89. The third-order valence-electron chi connectivity index (χ3n) is 3.31. The number of hydrogen-bond donors (Lipinski definition) is 2. The van der Waals surface area contributed by atoms with Crippen molar-refractivity contribution >= 4 is 23.3 Å². The Balaban J connectivity index is 2.03. The van der Waals surface area contributed by atoms with Gasteiger partial charge in [0.2, 0.25) is 0 Å². The fourth-order valence-electron chi connectivity index (χ4n) is 2.21. The van der Waals surface area contributed by atoms with Gasteiger partial charge in [-0.25, -0.2) is 9.59 Å². The molecular weight excluding hydrogens is 264 g/mol. The number of carboxylic acid groups (broad SMARTS) is 1. The Morgan fingerprint density at radius 1 is 1.53 bits per heavy atom.